The zero-order valence-electron chi connectivity index (χ0n) is 55.0. The van der Waals surface area contributed by atoms with Crippen molar-refractivity contribution >= 4 is 13.7 Å². The Morgan fingerprint density at radius 3 is 1.08 bits per heavy atom. The van der Waals surface area contributed by atoms with Crippen LogP contribution in [0.4, 0.5) is 0 Å². The molecule has 85 heavy (non-hydrogen) atoms. The predicted molar refractivity (Wildman–Crippen MR) is 373 cm³/mol. The summed E-state index contributed by atoms with van der Waals surface area (Å²) in [5, 5.41) is 13.9. The lowest BCUT2D eigenvalue weighted by Crippen LogP contribution is -2.45. The number of quaternary nitrogens is 1. The Morgan fingerprint density at radius 1 is 0.412 bits per heavy atom. The lowest BCUT2D eigenvalue weighted by molar-refractivity contribution is -0.870. The molecule has 3 unspecified atom stereocenters. The van der Waals surface area contributed by atoms with Crippen LogP contribution in [0.25, 0.3) is 0 Å². The van der Waals surface area contributed by atoms with Gasteiger partial charge in [0.15, 0.2) is 0 Å². The van der Waals surface area contributed by atoms with Crippen LogP contribution >= 0.6 is 7.82 Å². The molecule has 1 amide bonds. The van der Waals surface area contributed by atoms with Crippen molar-refractivity contribution in [3.8, 4) is 0 Å². The van der Waals surface area contributed by atoms with Gasteiger partial charge in [-0.15, -0.1) is 0 Å². The van der Waals surface area contributed by atoms with E-state index in [1.807, 2.05) is 27.2 Å². The fourth-order valence-corrected chi connectivity index (χ4v) is 9.66. The van der Waals surface area contributed by atoms with Crippen molar-refractivity contribution in [2.24, 2.45) is 0 Å². The third-order valence-electron chi connectivity index (χ3n) is 14.2. The second kappa shape index (κ2) is 64.3. The quantitative estimate of drug-likeness (QED) is 0.0243. The monoisotopic (exact) mass is 1200 g/mol. The molecular weight excluding hydrogens is 1070 g/mol. The minimum absolute atomic E-state index is 0.0420. The van der Waals surface area contributed by atoms with Crippen molar-refractivity contribution < 1.29 is 32.9 Å². The molecule has 0 spiro atoms. The number of rotatable bonds is 60. The number of likely N-dealkylation sites (N-methyl/N-ethyl adjacent to an activating group) is 1. The average Bonchev–Trinajstić information content (AvgIpc) is 3.48. The maximum Gasteiger partial charge on any atom is 0.472 e. The first-order valence-electron chi connectivity index (χ1n) is 34.0. The number of hydrogen-bond acceptors (Lipinski definition) is 5. The van der Waals surface area contributed by atoms with Crippen LogP contribution in [-0.4, -0.2) is 73.4 Å². The molecule has 0 aromatic carbocycles. The Labute approximate surface area is 524 Å². The number of hydrogen-bond donors (Lipinski definition) is 3. The summed E-state index contributed by atoms with van der Waals surface area (Å²) in [6.07, 6.45) is 102. The third-order valence-corrected chi connectivity index (χ3v) is 15.2. The second-order valence-electron chi connectivity index (χ2n) is 23.5. The number of aliphatic hydroxyl groups excluding tert-OH is 1. The highest BCUT2D eigenvalue weighted by Crippen LogP contribution is 2.43. The van der Waals surface area contributed by atoms with Crippen LogP contribution in [-0.2, 0) is 18.4 Å². The van der Waals surface area contributed by atoms with Gasteiger partial charge < -0.3 is 19.8 Å². The predicted octanol–water partition coefficient (Wildman–Crippen LogP) is 21.9. The van der Waals surface area contributed by atoms with E-state index in [0.29, 0.717) is 17.4 Å². The Morgan fingerprint density at radius 2 is 0.718 bits per heavy atom. The first-order chi connectivity index (χ1) is 41.5. The van der Waals surface area contributed by atoms with Crippen molar-refractivity contribution in [2.45, 2.75) is 264 Å². The molecule has 0 heterocycles. The molecule has 0 fully saturated rings. The first kappa shape index (κ1) is 80.9. The summed E-state index contributed by atoms with van der Waals surface area (Å²) >= 11 is 0. The zero-order valence-corrected chi connectivity index (χ0v) is 55.9. The Hall–Kier alpha value is -4.14. The summed E-state index contributed by atoms with van der Waals surface area (Å²) in [5.74, 6) is -0.217. The summed E-state index contributed by atoms with van der Waals surface area (Å²) in [6.45, 7) is 4.66. The highest BCUT2D eigenvalue weighted by Gasteiger charge is 2.27. The Balaban J connectivity index is 4.25. The van der Waals surface area contributed by atoms with Gasteiger partial charge in [-0.2, -0.15) is 0 Å². The molecule has 3 atom stereocenters. The van der Waals surface area contributed by atoms with E-state index in [-0.39, 0.29) is 19.1 Å². The van der Waals surface area contributed by atoms with Crippen molar-refractivity contribution in [2.75, 3.05) is 40.9 Å². The largest absolute Gasteiger partial charge is 0.472 e. The minimum Gasteiger partial charge on any atom is -0.387 e. The Bertz CT molecular complexity index is 1990. The first-order valence-corrected chi connectivity index (χ1v) is 35.5. The maximum atomic E-state index is 13.0. The van der Waals surface area contributed by atoms with E-state index in [4.69, 9.17) is 9.05 Å². The Kier molecular flexibility index (Phi) is 61.2. The normalized spacial score (nSPS) is 14.8. The molecule has 0 bridgehead atoms. The molecule has 0 radical (unpaired) electrons. The summed E-state index contributed by atoms with van der Waals surface area (Å²) in [7, 11) is 1.52. The number of carbonyl (C=O) groups is 1. The van der Waals surface area contributed by atoms with Gasteiger partial charge in [0.05, 0.1) is 39.9 Å². The lowest BCUT2D eigenvalue weighted by atomic mass is 10.0. The van der Waals surface area contributed by atoms with Gasteiger partial charge in [0.2, 0.25) is 5.91 Å². The zero-order chi connectivity index (χ0) is 61.9. The van der Waals surface area contributed by atoms with E-state index in [1.165, 1.54) is 103 Å². The molecule has 0 aromatic heterocycles. The lowest BCUT2D eigenvalue weighted by Gasteiger charge is -2.25. The molecule has 8 nitrogen and oxygen atoms in total. The fraction of sp³-hybridized carbons (Fsp3) is 0.618. The molecule has 0 aromatic rings. The van der Waals surface area contributed by atoms with E-state index in [0.717, 1.165) is 128 Å². The summed E-state index contributed by atoms with van der Waals surface area (Å²) in [5.41, 5.74) is 0. The standard InChI is InChI=1S/C76H127N2O6P/c1-6-8-10-12-14-16-18-20-22-24-26-28-30-31-32-33-34-35-36-37-38-39-40-41-42-43-44-45-46-47-48-50-52-54-56-58-60-62-64-66-68-70-76(80)77-74(73-84-85(81,82)83-72-71-78(3,4)5)75(79)69-67-65-63-61-59-57-55-53-51-49-29-27-25-23-21-19-17-15-13-11-9-7-2/h8,10,14,16,20,22,26,28,31-32,34-35,37-38,40-41,43-44,46-47,50,52,56,58-59,61,67,69,74-75,79H,6-7,9,11-13,15,17-19,21,23-25,27,29-30,33,36,39,42,45,48-49,51,53-55,57,60,62-66,68,70-73H2,1-5H3,(H-,77,80,81,82)/p+1/b10-8-,16-14-,22-20-,28-26-,32-31-,35-34-,38-37-,41-40-,44-43-,47-46-,52-50-,58-56-,61-59+,69-67+. The number of amides is 1. The molecule has 0 aliphatic heterocycles. The van der Waals surface area contributed by atoms with Crippen LogP contribution < -0.4 is 5.32 Å². The highest BCUT2D eigenvalue weighted by atomic mass is 31.2. The molecule has 482 valence electrons. The van der Waals surface area contributed by atoms with Gasteiger partial charge in [-0.3, -0.25) is 13.8 Å². The van der Waals surface area contributed by atoms with E-state index >= 15 is 0 Å². The molecule has 0 rings (SSSR count). The van der Waals surface area contributed by atoms with E-state index in [2.05, 4.69) is 177 Å². The number of allylic oxidation sites excluding steroid dienone is 27. The number of carbonyl (C=O) groups excluding carboxylic acids is 1. The van der Waals surface area contributed by atoms with Crippen molar-refractivity contribution in [3.05, 3.63) is 170 Å². The molecular formula is C76H128N2O6P+. The van der Waals surface area contributed by atoms with E-state index < -0.39 is 20.0 Å². The molecule has 9 heteroatoms. The van der Waals surface area contributed by atoms with Gasteiger partial charge in [0.25, 0.3) is 0 Å². The average molecular weight is 1200 g/mol. The number of nitrogens with one attached hydrogen (secondary N) is 1. The number of aliphatic hydroxyl groups is 1. The number of unbranched alkanes of at least 4 members (excludes halogenated alkanes) is 21. The van der Waals surface area contributed by atoms with Crippen molar-refractivity contribution in [1.82, 2.24) is 5.32 Å². The number of phosphoric acid groups is 1. The van der Waals surface area contributed by atoms with E-state index in [1.54, 1.807) is 6.08 Å². The highest BCUT2D eigenvalue weighted by molar-refractivity contribution is 7.47. The maximum absolute atomic E-state index is 13.0. The third kappa shape index (κ3) is 67.2. The SMILES string of the molecule is CC/C=C\C/C=C\C/C=C\C/C=C\C/C=C\C/C=C\C/C=C\C/C=C\C/C=C\C/C=C\C/C=C\C/C=C\CCCCCCC(=O)NC(COP(=O)(O)OCC[N+](C)(C)C)C(O)/C=C/CC/C=C/CCCCCCCCCCCCCCCCCC. The fourth-order valence-electron chi connectivity index (χ4n) is 8.92. The van der Waals surface area contributed by atoms with Gasteiger partial charge in [0.1, 0.15) is 13.2 Å². The van der Waals surface area contributed by atoms with Gasteiger partial charge in [-0.25, -0.2) is 4.57 Å². The summed E-state index contributed by atoms with van der Waals surface area (Å²) in [4.78, 5) is 23.4. The van der Waals surface area contributed by atoms with Crippen LogP contribution in [0.15, 0.2) is 170 Å². The number of nitrogens with zero attached hydrogens (tertiary/aromatic N) is 1. The summed E-state index contributed by atoms with van der Waals surface area (Å²) in [6, 6.07) is -0.891. The van der Waals surface area contributed by atoms with E-state index in [9.17, 15) is 19.4 Å². The molecule has 0 saturated heterocycles. The summed E-state index contributed by atoms with van der Waals surface area (Å²) < 4.78 is 23.7. The van der Waals surface area contributed by atoms with Gasteiger partial charge in [0, 0.05) is 6.42 Å². The molecule has 0 saturated carbocycles. The smallest absolute Gasteiger partial charge is 0.387 e. The van der Waals surface area contributed by atoms with Gasteiger partial charge in [-0.05, 0) is 122 Å². The molecule has 0 aliphatic rings. The van der Waals surface area contributed by atoms with Crippen LogP contribution in [0.3, 0.4) is 0 Å². The van der Waals surface area contributed by atoms with Crippen LogP contribution in [0, 0.1) is 0 Å². The van der Waals surface area contributed by atoms with Crippen molar-refractivity contribution in [3.63, 3.8) is 0 Å². The molecule has 3 N–H and O–H groups in total. The van der Waals surface area contributed by atoms with Crippen LogP contribution in [0.2, 0.25) is 0 Å². The number of phosphoric ester groups is 1. The minimum atomic E-state index is -4.38. The topological polar surface area (TPSA) is 105 Å². The molecule has 0 aliphatic carbocycles. The van der Waals surface area contributed by atoms with Crippen LogP contribution in [0.1, 0.15) is 251 Å². The van der Waals surface area contributed by atoms with Gasteiger partial charge >= 0.3 is 7.82 Å². The van der Waals surface area contributed by atoms with Crippen LogP contribution in [0.5, 0.6) is 0 Å². The van der Waals surface area contributed by atoms with Crippen molar-refractivity contribution in [1.29, 1.82) is 0 Å². The van der Waals surface area contributed by atoms with Gasteiger partial charge in [-0.1, -0.05) is 293 Å². The second-order valence-corrected chi connectivity index (χ2v) is 24.9.